The highest BCUT2D eigenvalue weighted by Crippen LogP contribution is 2.26. The van der Waals surface area contributed by atoms with Gasteiger partial charge in [0.1, 0.15) is 11.6 Å². The second-order valence-corrected chi connectivity index (χ2v) is 6.22. The molecular formula is C18H19N5OS. The monoisotopic (exact) mass is 353 g/mol. The molecule has 25 heavy (non-hydrogen) atoms. The van der Waals surface area contributed by atoms with Crippen molar-refractivity contribution < 1.29 is 4.74 Å². The number of nitrogens with zero attached hydrogens (tertiary/aromatic N) is 3. The number of aromatic nitrogens is 3. The van der Waals surface area contributed by atoms with E-state index in [4.69, 9.17) is 10.5 Å². The number of rotatable bonds is 7. The number of nitrogens with two attached hydrogens (primary N) is 1. The van der Waals surface area contributed by atoms with Crippen LogP contribution in [-0.4, -0.2) is 22.1 Å². The van der Waals surface area contributed by atoms with Crippen LogP contribution in [-0.2, 0) is 11.5 Å². The first-order valence-electron chi connectivity index (χ1n) is 7.77. The SMILES string of the molecule is COc1ccccc1Nc1nc(N)nc(CSCc2ccccc2)n1. The normalized spacial score (nSPS) is 10.4. The molecule has 0 radical (unpaired) electrons. The molecule has 2 aromatic carbocycles. The number of hydrogen-bond donors (Lipinski definition) is 2. The number of ether oxygens (including phenoxy) is 1. The van der Waals surface area contributed by atoms with Crippen molar-refractivity contribution in [3.05, 3.63) is 66.0 Å². The van der Waals surface area contributed by atoms with Crippen LogP contribution in [0.3, 0.4) is 0 Å². The summed E-state index contributed by atoms with van der Waals surface area (Å²) in [5.74, 6) is 3.51. The third kappa shape index (κ3) is 4.84. The van der Waals surface area contributed by atoms with E-state index < -0.39 is 0 Å². The molecule has 1 aromatic heterocycles. The number of anilines is 3. The van der Waals surface area contributed by atoms with Crippen LogP contribution >= 0.6 is 11.8 Å². The zero-order chi connectivity index (χ0) is 17.5. The highest BCUT2D eigenvalue weighted by Gasteiger charge is 2.08. The van der Waals surface area contributed by atoms with Gasteiger partial charge in [-0.3, -0.25) is 0 Å². The molecule has 0 fully saturated rings. The Morgan fingerprint density at radius 1 is 0.960 bits per heavy atom. The lowest BCUT2D eigenvalue weighted by Crippen LogP contribution is -2.07. The number of methoxy groups -OCH3 is 1. The van der Waals surface area contributed by atoms with E-state index in [1.54, 1.807) is 18.9 Å². The van der Waals surface area contributed by atoms with Crippen LogP contribution in [0, 0.1) is 0 Å². The van der Waals surface area contributed by atoms with Crippen molar-refractivity contribution in [2.24, 2.45) is 0 Å². The Balaban J connectivity index is 1.68. The maximum Gasteiger partial charge on any atom is 0.232 e. The van der Waals surface area contributed by atoms with Gasteiger partial charge in [0.25, 0.3) is 0 Å². The molecule has 3 rings (SSSR count). The summed E-state index contributed by atoms with van der Waals surface area (Å²) in [6.07, 6.45) is 0. The molecule has 0 spiro atoms. The van der Waals surface area contributed by atoms with Crippen LogP contribution in [0.1, 0.15) is 11.4 Å². The molecule has 6 nitrogen and oxygen atoms in total. The first-order chi connectivity index (χ1) is 12.2. The van der Waals surface area contributed by atoms with E-state index in [1.807, 2.05) is 42.5 Å². The standard InChI is InChI=1S/C18H19N5OS/c1-24-15-10-6-5-9-14(15)20-18-22-16(21-17(19)23-18)12-25-11-13-7-3-2-4-8-13/h2-10H,11-12H2,1H3,(H3,19,20,21,22,23). The third-order valence-corrected chi connectivity index (χ3v) is 4.39. The predicted octanol–water partition coefficient (Wildman–Crippen LogP) is 3.64. The Morgan fingerprint density at radius 2 is 1.72 bits per heavy atom. The van der Waals surface area contributed by atoms with E-state index in [-0.39, 0.29) is 5.95 Å². The molecule has 0 atom stereocenters. The maximum absolute atomic E-state index is 5.82. The summed E-state index contributed by atoms with van der Waals surface area (Å²) in [5.41, 5.74) is 7.87. The molecule has 0 saturated carbocycles. The summed E-state index contributed by atoms with van der Waals surface area (Å²) in [4.78, 5) is 12.8. The van der Waals surface area contributed by atoms with Crippen molar-refractivity contribution in [3.63, 3.8) is 0 Å². The summed E-state index contributed by atoms with van der Waals surface area (Å²) < 4.78 is 5.32. The van der Waals surface area contributed by atoms with Crippen molar-refractivity contribution in [2.45, 2.75) is 11.5 Å². The van der Waals surface area contributed by atoms with Crippen LogP contribution in [0.15, 0.2) is 54.6 Å². The molecular weight excluding hydrogens is 334 g/mol. The quantitative estimate of drug-likeness (QED) is 0.670. The second kappa shape index (κ2) is 8.34. The van der Waals surface area contributed by atoms with Gasteiger partial charge in [-0.05, 0) is 17.7 Å². The van der Waals surface area contributed by atoms with Crippen molar-refractivity contribution in [1.29, 1.82) is 0 Å². The minimum atomic E-state index is 0.197. The van der Waals surface area contributed by atoms with Gasteiger partial charge in [0, 0.05) is 5.75 Å². The second-order valence-electron chi connectivity index (χ2n) is 5.24. The molecule has 0 aliphatic heterocycles. The molecule has 0 saturated heterocycles. The molecule has 0 unspecified atom stereocenters. The zero-order valence-corrected chi connectivity index (χ0v) is 14.7. The maximum atomic E-state index is 5.82. The van der Waals surface area contributed by atoms with Crippen LogP contribution in [0.2, 0.25) is 0 Å². The van der Waals surface area contributed by atoms with Gasteiger partial charge < -0.3 is 15.8 Å². The van der Waals surface area contributed by atoms with Gasteiger partial charge in [0.2, 0.25) is 11.9 Å². The summed E-state index contributed by atoms with van der Waals surface area (Å²) >= 11 is 1.73. The van der Waals surface area contributed by atoms with Gasteiger partial charge in [-0.1, -0.05) is 42.5 Å². The third-order valence-electron chi connectivity index (χ3n) is 3.40. The summed E-state index contributed by atoms with van der Waals surface area (Å²) in [5, 5.41) is 3.14. The van der Waals surface area contributed by atoms with Gasteiger partial charge in [0.15, 0.2) is 0 Å². The van der Waals surface area contributed by atoms with E-state index in [0.29, 0.717) is 23.3 Å². The van der Waals surface area contributed by atoms with Crippen LogP contribution in [0.5, 0.6) is 5.75 Å². The van der Waals surface area contributed by atoms with Crippen LogP contribution in [0.4, 0.5) is 17.6 Å². The Morgan fingerprint density at radius 3 is 2.52 bits per heavy atom. The number of nitrogens with one attached hydrogen (secondary N) is 1. The van der Waals surface area contributed by atoms with E-state index in [0.717, 1.165) is 11.4 Å². The Kier molecular flexibility index (Phi) is 5.69. The summed E-state index contributed by atoms with van der Waals surface area (Å²) in [7, 11) is 1.62. The van der Waals surface area contributed by atoms with Gasteiger partial charge >= 0.3 is 0 Å². The average Bonchev–Trinajstić information content (AvgIpc) is 2.63. The molecule has 0 bridgehead atoms. The number of hydrogen-bond acceptors (Lipinski definition) is 7. The van der Waals surface area contributed by atoms with Gasteiger partial charge in [0.05, 0.1) is 18.6 Å². The smallest absolute Gasteiger partial charge is 0.232 e. The topological polar surface area (TPSA) is 86.0 Å². The lowest BCUT2D eigenvalue weighted by molar-refractivity contribution is 0.417. The van der Waals surface area contributed by atoms with Crippen molar-refractivity contribution in [1.82, 2.24) is 15.0 Å². The van der Waals surface area contributed by atoms with Gasteiger partial charge in [-0.15, -0.1) is 11.8 Å². The van der Waals surface area contributed by atoms with Gasteiger partial charge in [-0.2, -0.15) is 15.0 Å². The zero-order valence-electron chi connectivity index (χ0n) is 13.8. The number of thioether (sulfide) groups is 1. The lowest BCUT2D eigenvalue weighted by atomic mass is 10.2. The number of nitrogen functional groups attached to an aromatic ring is 1. The van der Waals surface area contributed by atoms with Crippen molar-refractivity contribution in [2.75, 3.05) is 18.2 Å². The van der Waals surface area contributed by atoms with E-state index in [2.05, 4.69) is 32.4 Å². The average molecular weight is 353 g/mol. The van der Waals surface area contributed by atoms with Gasteiger partial charge in [-0.25, -0.2) is 0 Å². The largest absolute Gasteiger partial charge is 0.495 e. The molecule has 0 aliphatic carbocycles. The highest BCUT2D eigenvalue weighted by molar-refractivity contribution is 7.97. The molecule has 3 N–H and O–H groups in total. The Labute approximate surface area is 150 Å². The lowest BCUT2D eigenvalue weighted by Gasteiger charge is -2.10. The molecule has 3 aromatic rings. The molecule has 0 aliphatic rings. The minimum Gasteiger partial charge on any atom is -0.495 e. The summed E-state index contributed by atoms with van der Waals surface area (Å²) in [6, 6.07) is 17.8. The summed E-state index contributed by atoms with van der Waals surface area (Å²) in [6.45, 7) is 0. The minimum absolute atomic E-state index is 0.197. The number of para-hydroxylation sites is 2. The molecule has 7 heteroatoms. The van der Waals surface area contributed by atoms with Crippen LogP contribution in [0.25, 0.3) is 0 Å². The van der Waals surface area contributed by atoms with Crippen LogP contribution < -0.4 is 15.8 Å². The fourth-order valence-electron chi connectivity index (χ4n) is 2.26. The van der Waals surface area contributed by atoms with Crippen molar-refractivity contribution >= 4 is 29.3 Å². The fraction of sp³-hybridized carbons (Fsp3) is 0.167. The fourth-order valence-corrected chi connectivity index (χ4v) is 3.10. The molecule has 128 valence electrons. The Bertz CT molecular complexity index is 829. The van der Waals surface area contributed by atoms with Crippen molar-refractivity contribution in [3.8, 4) is 5.75 Å². The molecule has 1 heterocycles. The highest BCUT2D eigenvalue weighted by atomic mass is 32.2. The molecule has 0 amide bonds. The predicted molar refractivity (Wildman–Crippen MR) is 102 cm³/mol. The first-order valence-corrected chi connectivity index (χ1v) is 8.92. The van der Waals surface area contributed by atoms with E-state index >= 15 is 0 Å². The Hall–Kier alpha value is -2.80. The van der Waals surface area contributed by atoms with E-state index in [1.165, 1.54) is 5.56 Å². The van der Waals surface area contributed by atoms with E-state index in [9.17, 15) is 0 Å². The number of benzene rings is 2. The first kappa shape index (κ1) is 17.0.